The molecule has 0 unspecified atom stereocenters. The van der Waals surface area contributed by atoms with Crippen molar-refractivity contribution in [3.63, 3.8) is 0 Å². The molecule has 5 aromatic rings. The standard InChI is InChI=1S/C30H25N3O5/c1-20-16-28(35)38-30-25(20)13-15-27(29(30)26(34)14-10-21-8-11-24(36-2)12-9-21)37-19-23-17-31-32-33(23)18-22-6-4-3-5-7-22/h3-17H,18-19H2,1-2H3/b14-10+. The maximum absolute atomic E-state index is 13.5. The van der Waals surface area contributed by atoms with E-state index in [0.717, 1.165) is 22.6 Å². The number of hydrogen-bond donors (Lipinski definition) is 0. The molecule has 0 N–H and O–H groups in total. The molecule has 190 valence electrons. The van der Waals surface area contributed by atoms with Gasteiger partial charge in [-0.3, -0.25) is 4.79 Å². The highest BCUT2D eigenvalue weighted by Crippen LogP contribution is 2.31. The van der Waals surface area contributed by atoms with Crippen molar-refractivity contribution in [3.05, 3.63) is 123 Å². The van der Waals surface area contributed by atoms with E-state index < -0.39 is 5.63 Å². The molecule has 0 aliphatic rings. The van der Waals surface area contributed by atoms with Gasteiger partial charge in [-0.15, -0.1) is 5.10 Å². The summed E-state index contributed by atoms with van der Waals surface area (Å²) in [5.41, 5.74) is 3.15. The highest BCUT2D eigenvalue weighted by Gasteiger charge is 2.19. The fourth-order valence-electron chi connectivity index (χ4n) is 4.12. The Kier molecular flexibility index (Phi) is 7.13. The fourth-order valence-corrected chi connectivity index (χ4v) is 4.12. The summed E-state index contributed by atoms with van der Waals surface area (Å²) < 4.78 is 18.6. The second-order valence-electron chi connectivity index (χ2n) is 8.69. The average molecular weight is 508 g/mol. The highest BCUT2D eigenvalue weighted by molar-refractivity contribution is 6.15. The lowest BCUT2D eigenvalue weighted by Crippen LogP contribution is -2.11. The Bertz CT molecular complexity index is 1670. The third-order valence-corrected chi connectivity index (χ3v) is 6.12. The fraction of sp³-hybridized carbons (Fsp3) is 0.133. The number of ether oxygens (including phenoxy) is 2. The Labute approximate surface area is 218 Å². The second-order valence-corrected chi connectivity index (χ2v) is 8.69. The zero-order valence-corrected chi connectivity index (χ0v) is 21.0. The van der Waals surface area contributed by atoms with Crippen LogP contribution in [0.25, 0.3) is 17.0 Å². The number of hydrogen-bond acceptors (Lipinski definition) is 7. The molecule has 8 nitrogen and oxygen atoms in total. The predicted octanol–water partition coefficient (Wildman–Crippen LogP) is 5.22. The SMILES string of the molecule is COc1ccc(/C=C/C(=O)c2c(OCc3cnnn3Cc3ccccc3)ccc3c(C)cc(=O)oc23)cc1. The third-order valence-electron chi connectivity index (χ3n) is 6.12. The van der Waals surface area contributed by atoms with Gasteiger partial charge in [0.25, 0.3) is 0 Å². The lowest BCUT2D eigenvalue weighted by atomic mass is 10.0. The molecule has 0 atom stereocenters. The smallest absolute Gasteiger partial charge is 0.336 e. The number of aryl methyl sites for hydroxylation is 1. The second kappa shape index (κ2) is 11.0. The van der Waals surface area contributed by atoms with Gasteiger partial charge in [0, 0.05) is 11.5 Å². The maximum Gasteiger partial charge on any atom is 0.336 e. The minimum absolute atomic E-state index is 0.115. The Morgan fingerprint density at radius 1 is 1.05 bits per heavy atom. The summed E-state index contributed by atoms with van der Waals surface area (Å²) in [7, 11) is 1.59. The normalized spacial score (nSPS) is 11.2. The number of ketones is 1. The van der Waals surface area contributed by atoms with Crippen LogP contribution in [0.1, 0.15) is 32.7 Å². The Hall–Kier alpha value is -4.98. The molecule has 0 spiro atoms. The van der Waals surface area contributed by atoms with Crippen molar-refractivity contribution in [2.75, 3.05) is 7.11 Å². The molecular weight excluding hydrogens is 482 g/mol. The van der Waals surface area contributed by atoms with Gasteiger partial charge in [0.05, 0.1) is 25.5 Å². The third kappa shape index (κ3) is 5.39. The largest absolute Gasteiger partial charge is 0.497 e. The van der Waals surface area contributed by atoms with Crippen molar-refractivity contribution in [2.45, 2.75) is 20.1 Å². The Morgan fingerprint density at radius 2 is 1.84 bits per heavy atom. The van der Waals surface area contributed by atoms with E-state index in [2.05, 4.69) is 10.3 Å². The predicted molar refractivity (Wildman–Crippen MR) is 143 cm³/mol. The Morgan fingerprint density at radius 3 is 2.61 bits per heavy atom. The van der Waals surface area contributed by atoms with E-state index in [1.54, 1.807) is 43.1 Å². The van der Waals surface area contributed by atoms with Crippen LogP contribution in [0, 0.1) is 6.92 Å². The monoisotopic (exact) mass is 507 g/mol. The van der Waals surface area contributed by atoms with Crippen LogP contribution >= 0.6 is 0 Å². The van der Waals surface area contributed by atoms with Gasteiger partial charge < -0.3 is 13.9 Å². The van der Waals surface area contributed by atoms with Crippen LogP contribution in [0.15, 0.2) is 94.3 Å². The van der Waals surface area contributed by atoms with Gasteiger partial charge in [-0.25, -0.2) is 9.48 Å². The number of aromatic nitrogens is 3. The van der Waals surface area contributed by atoms with Gasteiger partial charge in [0.2, 0.25) is 0 Å². The molecule has 38 heavy (non-hydrogen) atoms. The van der Waals surface area contributed by atoms with E-state index in [1.807, 2.05) is 54.6 Å². The number of benzene rings is 3. The summed E-state index contributed by atoms with van der Waals surface area (Å²) >= 11 is 0. The van der Waals surface area contributed by atoms with E-state index in [4.69, 9.17) is 13.9 Å². The molecule has 0 aliphatic heterocycles. The summed E-state index contributed by atoms with van der Waals surface area (Å²) in [5, 5.41) is 8.85. The van der Waals surface area contributed by atoms with Crippen molar-refractivity contribution in [3.8, 4) is 11.5 Å². The number of fused-ring (bicyclic) bond motifs is 1. The summed E-state index contributed by atoms with van der Waals surface area (Å²) in [6.45, 7) is 2.45. The molecule has 8 heteroatoms. The molecule has 0 radical (unpaired) electrons. The van der Waals surface area contributed by atoms with Gasteiger partial charge in [-0.05, 0) is 54.0 Å². The number of carbonyl (C=O) groups excluding carboxylic acids is 1. The zero-order chi connectivity index (χ0) is 26.5. The number of methoxy groups -OCH3 is 1. The molecule has 0 saturated heterocycles. The quantitative estimate of drug-likeness (QED) is 0.153. The molecule has 0 saturated carbocycles. The lowest BCUT2D eigenvalue weighted by Gasteiger charge is -2.13. The van der Waals surface area contributed by atoms with Crippen molar-refractivity contribution in [2.24, 2.45) is 0 Å². The minimum Gasteiger partial charge on any atom is -0.497 e. The van der Waals surface area contributed by atoms with Crippen LogP contribution < -0.4 is 15.1 Å². The molecule has 3 aromatic carbocycles. The molecule has 2 aromatic heterocycles. The van der Waals surface area contributed by atoms with E-state index in [-0.39, 0.29) is 23.5 Å². The first-order valence-electron chi connectivity index (χ1n) is 12.0. The molecule has 0 amide bonds. The van der Waals surface area contributed by atoms with Crippen molar-refractivity contribution < 1.29 is 18.7 Å². The first kappa shape index (κ1) is 24.7. The van der Waals surface area contributed by atoms with Crippen LogP contribution in [0.3, 0.4) is 0 Å². The summed E-state index contributed by atoms with van der Waals surface area (Å²) in [5.74, 6) is 0.658. The molecule has 0 bridgehead atoms. The first-order valence-corrected chi connectivity index (χ1v) is 12.0. The Balaban J connectivity index is 1.47. The van der Waals surface area contributed by atoms with Crippen molar-refractivity contribution in [1.82, 2.24) is 15.0 Å². The first-order chi connectivity index (χ1) is 18.5. The number of allylic oxidation sites excluding steroid dienone is 1. The minimum atomic E-state index is -0.537. The zero-order valence-electron chi connectivity index (χ0n) is 21.0. The summed E-state index contributed by atoms with van der Waals surface area (Å²) in [4.78, 5) is 25.7. The topological polar surface area (TPSA) is 96.5 Å². The van der Waals surface area contributed by atoms with E-state index in [1.165, 1.54) is 12.1 Å². The molecular formula is C30H25N3O5. The number of carbonyl (C=O) groups is 1. The van der Waals surface area contributed by atoms with E-state index in [9.17, 15) is 9.59 Å². The summed E-state index contributed by atoms with van der Waals surface area (Å²) in [6, 6.07) is 22.1. The number of rotatable bonds is 9. The van der Waals surface area contributed by atoms with Crippen molar-refractivity contribution in [1.29, 1.82) is 0 Å². The van der Waals surface area contributed by atoms with Crippen molar-refractivity contribution >= 4 is 22.8 Å². The number of nitrogens with zero attached hydrogens (tertiary/aromatic N) is 3. The van der Waals surface area contributed by atoms with Crippen LogP contribution in [-0.2, 0) is 13.2 Å². The van der Waals surface area contributed by atoms with E-state index in [0.29, 0.717) is 23.2 Å². The van der Waals surface area contributed by atoms with Crippen LogP contribution in [0.2, 0.25) is 0 Å². The molecule has 5 rings (SSSR count). The molecule has 0 fully saturated rings. The highest BCUT2D eigenvalue weighted by atomic mass is 16.5. The molecule has 2 heterocycles. The average Bonchev–Trinajstić information content (AvgIpc) is 3.37. The van der Waals surface area contributed by atoms with Crippen LogP contribution in [0.4, 0.5) is 0 Å². The molecule has 0 aliphatic carbocycles. The van der Waals surface area contributed by atoms with Gasteiger partial charge in [0.1, 0.15) is 23.7 Å². The lowest BCUT2D eigenvalue weighted by molar-refractivity contribution is 0.104. The summed E-state index contributed by atoms with van der Waals surface area (Å²) in [6.07, 6.45) is 4.75. The van der Waals surface area contributed by atoms with Crippen LogP contribution in [0.5, 0.6) is 11.5 Å². The van der Waals surface area contributed by atoms with E-state index >= 15 is 0 Å². The van der Waals surface area contributed by atoms with Gasteiger partial charge >= 0.3 is 5.63 Å². The van der Waals surface area contributed by atoms with Gasteiger partial charge in [-0.1, -0.05) is 53.8 Å². The maximum atomic E-state index is 13.5. The van der Waals surface area contributed by atoms with Gasteiger partial charge in [0.15, 0.2) is 11.4 Å². The van der Waals surface area contributed by atoms with Crippen LogP contribution in [-0.4, -0.2) is 27.9 Å². The van der Waals surface area contributed by atoms with Gasteiger partial charge in [-0.2, -0.15) is 0 Å².